The van der Waals surface area contributed by atoms with Crippen LogP contribution in [0.1, 0.15) is 22.8 Å². The summed E-state index contributed by atoms with van der Waals surface area (Å²) in [6.45, 7) is 3.49. The monoisotopic (exact) mass is 327 g/mol. The van der Waals surface area contributed by atoms with Crippen molar-refractivity contribution in [3.63, 3.8) is 0 Å². The van der Waals surface area contributed by atoms with E-state index < -0.39 is 0 Å². The van der Waals surface area contributed by atoms with Crippen LogP contribution >= 0.6 is 0 Å². The lowest BCUT2D eigenvalue weighted by Gasteiger charge is -2.19. The Labute approximate surface area is 141 Å². The molecule has 0 aliphatic carbocycles. The number of ether oxygens (including phenoxy) is 2. The van der Waals surface area contributed by atoms with Crippen LogP contribution in [0, 0.1) is 5.92 Å². The summed E-state index contributed by atoms with van der Waals surface area (Å²) < 4.78 is 11.0. The van der Waals surface area contributed by atoms with Gasteiger partial charge in [0.05, 0.1) is 25.9 Å². The van der Waals surface area contributed by atoms with Gasteiger partial charge in [0.2, 0.25) is 5.88 Å². The number of rotatable bonds is 6. The molecule has 126 valence electrons. The minimum atomic E-state index is -0.179. The molecule has 3 heterocycles. The Bertz CT molecular complexity index is 678. The van der Waals surface area contributed by atoms with Gasteiger partial charge >= 0.3 is 0 Å². The quantitative estimate of drug-likeness (QED) is 0.877. The molecule has 6 heteroatoms. The third-order valence-corrected chi connectivity index (χ3v) is 4.06. The average Bonchev–Trinajstić information content (AvgIpc) is 3.03. The standard InChI is InChI=1S/C18H21N3O3/c1-2-24-18-15(4-3-7-20-18)17(22)21-16-12-23-11-14(16)10-13-5-8-19-9-6-13/h3-9,14,16H,2,10-12H2,1H3,(H,21,22)/t14-,16-/m1/s1. The summed E-state index contributed by atoms with van der Waals surface area (Å²) in [4.78, 5) is 20.8. The largest absolute Gasteiger partial charge is 0.477 e. The molecule has 2 aromatic rings. The van der Waals surface area contributed by atoms with E-state index in [9.17, 15) is 4.79 Å². The predicted molar refractivity (Wildman–Crippen MR) is 88.9 cm³/mol. The zero-order chi connectivity index (χ0) is 16.8. The molecule has 0 radical (unpaired) electrons. The van der Waals surface area contributed by atoms with Crippen molar-refractivity contribution < 1.29 is 14.3 Å². The fourth-order valence-corrected chi connectivity index (χ4v) is 2.84. The molecular weight excluding hydrogens is 306 g/mol. The maximum absolute atomic E-state index is 12.6. The fraction of sp³-hybridized carbons (Fsp3) is 0.389. The fourth-order valence-electron chi connectivity index (χ4n) is 2.84. The molecule has 1 fully saturated rings. The van der Waals surface area contributed by atoms with Gasteiger partial charge in [-0.1, -0.05) is 0 Å². The molecule has 0 aromatic carbocycles. The average molecular weight is 327 g/mol. The molecule has 6 nitrogen and oxygen atoms in total. The van der Waals surface area contributed by atoms with E-state index in [2.05, 4.69) is 15.3 Å². The molecule has 2 aromatic heterocycles. The molecule has 0 unspecified atom stereocenters. The lowest BCUT2D eigenvalue weighted by Crippen LogP contribution is -2.40. The van der Waals surface area contributed by atoms with Crippen molar-refractivity contribution in [2.24, 2.45) is 5.92 Å². The van der Waals surface area contributed by atoms with Crippen molar-refractivity contribution in [2.45, 2.75) is 19.4 Å². The van der Waals surface area contributed by atoms with Gasteiger partial charge in [0.1, 0.15) is 5.56 Å². The first-order valence-electron chi connectivity index (χ1n) is 8.13. The zero-order valence-electron chi connectivity index (χ0n) is 13.6. The maximum atomic E-state index is 12.6. The first-order valence-corrected chi connectivity index (χ1v) is 8.13. The minimum absolute atomic E-state index is 0.0275. The summed E-state index contributed by atoms with van der Waals surface area (Å²) in [6.07, 6.45) is 6.02. The molecule has 1 aliphatic heterocycles. The topological polar surface area (TPSA) is 73.3 Å². The molecule has 3 rings (SSSR count). The highest BCUT2D eigenvalue weighted by atomic mass is 16.5. The summed E-state index contributed by atoms with van der Waals surface area (Å²) in [5.74, 6) is 0.424. The predicted octanol–water partition coefficient (Wildman–Crippen LogP) is 1.86. The van der Waals surface area contributed by atoms with Crippen LogP contribution in [-0.2, 0) is 11.2 Å². The third-order valence-electron chi connectivity index (χ3n) is 4.06. The van der Waals surface area contributed by atoms with Crippen molar-refractivity contribution in [3.8, 4) is 5.88 Å². The zero-order valence-corrected chi connectivity index (χ0v) is 13.6. The third kappa shape index (κ3) is 3.89. The number of aromatic nitrogens is 2. The molecule has 0 bridgehead atoms. The van der Waals surface area contributed by atoms with E-state index in [-0.39, 0.29) is 17.9 Å². The van der Waals surface area contributed by atoms with Gasteiger partial charge in [-0.3, -0.25) is 9.78 Å². The van der Waals surface area contributed by atoms with E-state index in [4.69, 9.17) is 9.47 Å². The Hall–Kier alpha value is -2.47. The number of nitrogens with zero attached hydrogens (tertiary/aromatic N) is 2. The highest BCUT2D eigenvalue weighted by Gasteiger charge is 2.30. The Kier molecular flexibility index (Phi) is 5.38. The molecule has 0 spiro atoms. The summed E-state index contributed by atoms with van der Waals surface area (Å²) >= 11 is 0. The molecule has 0 saturated carbocycles. The van der Waals surface area contributed by atoms with E-state index in [1.54, 1.807) is 30.7 Å². The first kappa shape index (κ1) is 16.4. The van der Waals surface area contributed by atoms with E-state index in [0.717, 1.165) is 6.42 Å². The maximum Gasteiger partial charge on any atom is 0.257 e. The van der Waals surface area contributed by atoms with Gasteiger partial charge in [-0.25, -0.2) is 4.98 Å². The minimum Gasteiger partial charge on any atom is -0.477 e. The number of amides is 1. The number of nitrogens with one attached hydrogen (secondary N) is 1. The van der Waals surface area contributed by atoms with Crippen LogP contribution < -0.4 is 10.1 Å². The summed E-state index contributed by atoms with van der Waals surface area (Å²) in [7, 11) is 0. The van der Waals surface area contributed by atoms with Gasteiger partial charge in [-0.05, 0) is 43.2 Å². The van der Waals surface area contributed by atoms with E-state index in [0.29, 0.717) is 31.3 Å². The van der Waals surface area contributed by atoms with Gasteiger partial charge in [-0.2, -0.15) is 0 Å². The number of hydrogen-bond acceptors (Lipinski definition) is 5. The molecule has 1 amide bonds. The molecular formula is C18H21N3O3. The van der Waals surface area contributed by atoms with Crippen LogP contribution in [0.15, 0.2) is 42.9 Å². The van der Waals surface area contributed by atoms with Crippen molar-refractivity contribution in [3.05, 3.63) is 54.0 Å². The van der Waals surface area contributed by atoms with Crippen molar-refractivity contribution in [2.75, 3.05) is 19.8 Å². The number of pyridine rings is 2. The van der Waals surface area contributed by atoms with Gasteiger partial charge in [0.25, 0.3) is 5.91 Å². The van der Waals surface area contributed by atoms with E-state index in [1.807, 2.05) is 19.1 Å². The molecule has 1 N–H and O–H groups in total. The Balaban J connectivity index is 1.67. The second-order valence-electron chi connectivity index (χ2n) is 5.73. The molecule has 1 aliphatic rings. The van der Waals surface area contributed by atoms with Gasteiger partial charge < -0.3 is 14.8 Å². The molecule has 24 heavy (non-hydrogen) atoms. The Morgan fingerprint density at radius 1 is 1.29 bits per heavy atom. The van der Waals surface area contributed by atoms with Gasteiger partial charge in [-0.15, -0.1) is 0 Å². The van der Waals surface area contributed by atoms with Crippen LogP contribution in [0.5, 0.6) is 5.88 Å². The lowest BCUT2D eigenvalue weighted by molar-refractivity contribution is 0.0920. The smallest absolute Gasteiger partial charge is 0.257 e. The van der Waals surface area contributed by atoms with Crippen molar-refractivity contribution >= 4 is 5.91 Å². The van der Waals surface area contributed by atoms with Crippen LogP contribution in [-0.4, -0.2) is 41.7 Å². The van der Waals surface area contributed by atoms with Crippen LogP contribution in [0.3, 0.4) is 0 Å². The van der Waals surface area contributed by atoms with Crippen LogP contribution in [0.2, 0.25) is 0 Å². The van der Waals surface area contributed by atoms with Crippen molar-refractivity contribution in [1.29, 1.82) is 0 Å². The Morgan fingerprint density at radius 3 is 2.92 bits per heavy atom. The second-order valence-corrected chi connectivity index (χ2v) is 5.73. The number of hydrogen-bond donors (Lipinski definition) is 1. The van der Waals surface area contributed by atoms with E-state index in [1.165, 1.54) is 5.56 Å². The normalized spacial score (nSPS) is 19.9. The van der Waals surface area contributed by atoms with Gasteiger partial charge in [0, 0.05) is 24.5 Å². The Morgan fingerprint density at radius 2 is 2.12 bits per heavy atom. The van der Waals surface area contributed by atoms with E-state index >= 15 is 0 Å². The molecule has 2 atom stereocenters. The van der Waals surface area contributed by atoms with Crippen LogP contribution in [0.4, 0.5) is 0 Å². The number of carbonyl (C=O) groups is 1. The number of carbonyl (C=O) groups excluding carboxylic acids is 1. The SMILES string of the molecule is CCOc1ncccc1C(=O)N[C@@H]1COC[C@H]1Cc1ccncc1. The van der Waals surface area contributed by atoms with Crippen LogP contribution in [0.25, 0.3) is 0 Å². The summed E-state index contributed by atoms with van der Waals surface area (Å²) in [5, 5.41) is 3.06. The summed E-state index contributed by atoms with van der Waals surface area (Å²) in [6, 6.07) is 7.41. The molecule has 1 saturated heterocycles. The van der Waals surface area contributed by atoms with Gasteiger partial charge in [0.15, 0.2) is 0 Å². The highest BCUT2D eigenvalue weighted by Crippen LogP contribution is 2.21. The van der Waals surface area contributed by atoms with Crippen molar-refractivity contribution in [1.82, 2.24) is 15.3 Å². The lowest BCUT2D eigenvalue weighted by atomic mass is 9.95. The second kappa shape index (κ2) is 7.88. The highest BCUT2D eigenvalue weighted by molar-refractivity contribution is 5.96. The summed E-state index contributed by atoms with van der Waals surface area (Å²) in [5.41, 5.74) is 1.64. The first-order chi connectivity index (χ1) is 11.8.